The lowest BCUT2D eigenvalue weighted by molar-refractivity contribution is 0.796. The predicted molar refractivity (Wildman–Crippen MR) is 76.7 cm³/mol. The molecule has 0 bridgehead atoms. The maximum Gasteiger partial charge on any atom is 0.140 e. The second-order valence-electron chi connectivity index (χ2n) is 4.33. The molecule has 1 aromatic heterocycles. The first kappa shape index (κ1) is 13.6. The number of nitriles is 2. The van der Waals surface area contributed by atoms with Crippen LogP contribution in [-0.2, 0) is 6.54 Å². The smallest absolute Gasteiger partial charge is 0.140 e. The molecule has 1 heterocycles. The number of rotatable bonds is 5. The van der Waals surface area contributed by atoms with Crippen LogP contribution in [-0.4, -0.2) is 11.5 Å². The monoisotopic (exact) mass is 262 g/mol. The molecule has 0 spiro atoms. The van der Waals surface area contributed by atoms with Gasteiger partial charge in [0.2, 0.25) is 0 Å². The number of nitrogens with zero attached hydrogens (tertiary/aromatic N) is 4. The van der Waals surface area contributed by atoms with Crippen molar-refractivity contribution in [3.8, 4) is 12.1 Å². The molecule has 2 rings (SSSR count). The van der Waals surface area contributed by atoms with E-state index in [0.717, 1.165) is 11.3 Å². The van der Waals surface area contributed by atoms with Crippen LogP contribution in [0.1, 0.15) is 17.7 Å². The molecule has 4 heteroatoms. The van der Waals surface area contributed by atoms with Crippen molar-refractivity contribution in [3.63, 3.8) is 0 Å². The van der Waals surface area contributed by atoms with Gasteiger partial charge in [-0.25, -0.2) is 4.98 Å². The van der Waals surface area contributed by atoms with Gasteiger partial charge in [-0.15, -0.1) is 0 Å². The van der Waals surface area contributed by atoms with E-state index in [-0.39, 0.29) is 0 Å². The SMILES string of the molecule is N#CCCN(Cc1ccnc(C#N)c1)c1ccccc1. The summed E-state index contributed by atoms with van der Waals surface area (Å²) in [6.45, 7) is 1.31. The molecule has 0 saturated carbocycles. The van der Waals surface area contributed by atoms with Crippen molar-refractivity contribution in [3.05, 3.63) is 59.9 Å². The minimum Gasteiger partial charge on any atom is -0.366 e. The summed E-state index contributed by atoms with van der Waals surface area (Å²) >= 11 is 0. The van der Waals surface area contributed by atoms with Crippen LogP contribution in [0, 0.1) is 22.7 Å². The van der Waals surface area contributed by atoms with Crippen LogP contribution in [0.4, 0.5) is 5.69 Å². The fraction of sp³-hybridized carbons (Fsp3) is 0.188. The van der Waals surface area contributed by atoms with Gasteiger partial charge in [-0.05, 0) is 29.8 Å². The van der Waals surface area contributed by atoms with Crippen LogP contribution in [0.2, 0.25) is 0 Å². The van der Waals surface area contributed by atoms with Crippen LogP contribution in [0.5, 0.6) is 0 Å². The van der Waals surface area contributed by atoms with Gasteiger partial charge >= 0.3 is 0 Å². The van der Waals surface area contributed by atoms with Gasteiger partial charge in [0.15, 0.2) is 0 Å². The maximum absolute atomic E-state index is 8.89. The van der Waals surface area contributed by atoms with E-state index in [9.17, 15) is 0 Å². The molecular weight excluding hydrogens is 248 g/mol. The molecule has 0 aliphatic rings. The quantitative estimate of drug-likeness (QED) is 0.831. The Hall–Kier alpha value is -2.85. The van der Waals surface area contributed by atoms with Crippen molar-refractivity contribution < 1.29 is 0 Å². The zero-order chi connectivity index (χ0) is 14.2. The Morgan fingerprint density at radius 1 is 1.10 bits per heavy atom. The van der Waals surface area contributed by atoms with Crippen LogP contribution >= 0.6 is 0 Å². The highest BCUT2D eigenvalue weighted by Crippen LogP contribution is 2.17. The Morgan fingerprint density at radius 2 is 1.90 bits per heavy atom. The average molecular weight is 262 g/mol. The zero-order valence-corrected chi connectivity index (χ0v) is 11.0. The highest BCUT2D eigenvalue weighted by Gasteiger charge is 2.07. The minimum atomic E-state index is 0.413. The van der Waals surface area contributed by atoms with Crippen LogP contribution in [0.25, 0.3) is 0 Å². The predicted octanol–water partition coefficient (Wildman–Crippen LogP) is 2.87. The van der Waals surface area contributed by atoms with Gasteiger partial charge in [0.05, 0.1) is 12.5 Å². The van der Waals surface area contributed by atoms with E-state index < -0.39 is 0 Å². The average Bonchev–Trinajstić information content (AvgIpc) is 2.52. The summed E-state index contributed by atoms with van der Waals surface area (Å²) < 4.78 is 0. The Kier molecular flexibility index (Phi) is 4.70. The minimum absolute atomic E-state index is 0.413. The van der Waals surface area contributed by atoms with Gasteiger partial charge in [-0.2, -0.15) is 10.5 Å². The van der Waals surface area contributed by atoms with Crippen LogP contribution in [0.15, 0.2) is 48.7 Å². The molecule has 0 saturated heterocycles. The first-order valence-electron chi connectivity index (χ1n) is 6.35. The van der Waals surface area contributed by atoms with E-state index in [4.69, 9.17) is 10.5 Å². The van der Waals surface area contributed by atoms with Crippen molar-refractivity contribution in [2.24, 2.45) is 0 Å². The molecule has 0 N–H and O–H groups in total. The van der Waals surface area contributed by atoms with Crippen molar-refractivity contribution in [2.75, 3.05) is 11.4 Å². The molecule has 0 aliphatic heterocycles. The molecule has 0 atom stereocenters. The number of para-hydroxylation sites is 1. The van der Waals surface area contributed by atoms with Crippen LogP contribution in [0.3, 0.4) is 0 Å². The first-order valence-corrected chi connectivity index (χ1v) is 6.35. The Morgan fingerprint density at radius 3 is 2.60 bits per heavy atom. The lowest BCUT2D eigenvalue weighted by Gasteiger charge is -2.24. The highest BCUT2D eigenvalue weighted by atomic mass is 15.1. The molecule has 4 nitrogen and oxygen atoms in total. The van der Waals surface area contributed by atoms with E-state index in [0.29, 0.717) is 25.2 Å². The molecule has 0 aliphatic carbocycles. The largest absolute Gasteiger partial charge is 0.366 e. The fourth-order valence-electron chi connectivity index (χ4n) is 1.98. The molecular formula is C16H14N4. The first-order chi connectivity index (χ1) is 9.83. The number of pyridine rings is 1. The summed E-state index contributed by atoms with van der Waals surface area (Å²) in [6.07, 6.45) is 2.10. The molecule has 20 heavy (non-hydrogen) atoms. The second-order valence-corrected chi connectivity index (χ2v) is 4.33. The zero-order valence-electron chi connectivity index (χ0n) is 11.0. The van der Waals surface area contributed by atoms with E-state index >= 15 is 0 Å². The van der Waals surface area contributed by atoms with E-state index in [2.05, 4.69) is 16.0 Å². The number of hydrogen-bond donors (Lipinski definition) is 0. The maximum atomic E-state index is 8.89. The van der Waals surface area contributed by atoms with E-state index in [1.165, 1.54) is 0 Å². The van der Waals surface area contributed by atoms with Gasteiger partial charge < -0.3 is 4.90 Å². The third kappa shape index (κ3) is 3.57. The topological polar surface area (TPSA) is 63.7 Å². The highest BCUT2D eigenvalue weighted by molar-refractivity contribution is 5.47. The normalized spacial score (nSPS) is 9.50. The van der Waals surface area contributed by atoms with E-state index in [1.54, 1.807) is 12.3 Å². The Labute approximate surface area is 118 Å². The van der Waals surface area contributed by atoms with Gasteiger partial charge in [0.25, 0.3) is 0 Å². The summed E-state index contributed by atoms with van der Waals surface area (Å²) in [5, 5.41) is 17.7. The van der Waals surface area contributed by atoms with Crippen molar-refractivity contribution in [1.82, 2.24) is 4.98 Å². The second kappa shape index (κ2) is 6.92. The number of aromatic nitrogens is 1. The molecule has 1 aromatic carbocycles. The number of benzene rings is 1. The molecule has 2 aromatic rings. The molecule has 0 radical (unpaired) electrons. The van der Waals surface area contributed by atoms with Gasteiger partial charge in [-0.1, -0.05) is 18.2 Å². The Balaban J connectivity index is 2.20. The number of hydrogen-bond acceptors (Lipinski definition) is 4. The van der Waals surface area contributed by atoms with Gasteiger partial charge in [-0.3, -0.25) is 0 Å². The summed E-state index contributed by atoms with van der Waals surface area (Å²) in [6, 6.07) is 17.8. The number of anilines is 1. The van der Waals surface area contributed by atoms with E-state index in [1.807, 2.05) is 42.5 Å². The third-order valence-electron chi connectivity index (χ3n) is 2.93. The summed E-state index contributed by atoms with van der Waals surface area (Å²) in [5.74, 6) is 0. The standard InChI is InChI=1S/C16H14N4/c17-8-4-10-20(16-5-2-1-3-6-16)13-14-7-9-19-15(11-14)12-18/h1-3,5-7,9,11H,4,10,13H2. The summed E-state index contributed by atoms with van der Waals surface area (Å²) in [5.41, 5.74) is 2.49. The van der Waals surface area contributed by atoms with Crippen molar-refractivity contribution in [1.29, 1.82) is 10.5 Å². The van der Waals surface area contributed by atoms with Crippen molar-refractivity contribution in [2.45, 2.75) is 13.0 Å². The summed E-state index contributed by atoms with van der Waals surface area (Å²) in [7, 11) is 0. The molecule has 0 amide bonds. The molecule has 98 valence electrons. The fourth-order valence-corrected chi connectivity index (χ4v) is 1.98. The van der Waals surface area contributed by atoms with Crippen molar-refractivity contribution >= 4 is 5.69 Å². The van der Waals surface area contributed by atoms with Gasteiger partial charge in [0.1, 0.15) is 11.8 Å². The van der Waals surface area contributed by atoms with Crippen LogP contribution < -0.4 is 4.90 Å². The summed E-state index contributed by atoms with van der Waals surface area (Å²) in [4.78, 5) is 6.09. The lowest BCUT2D eigenvalue weighted by Crippen LogP contribution is -2.23. The third-order valence-corrected chi connectivity index (χ3v) is 2.93. The van der Waals surface area contributed by atoms with Gasteiger partial charge in [0, 0.05) is 25.0 Å². The Bertz CT molecular complexity index is 638. The molecule has 0 fully saturated rings. The lowest BCUT2D eigenvalue weighted by atomic mass is 10.2. The molecule has 0 unspecified atom stereocenters.